The Bertz CT molecular complexity index is 1240. The second kappa shape index (κ2) is 8.14. The molecule has 2 amide bonds. The molecule has 0 saturated carbocycles. The van der Waals surface area contributed by atoms with Crippen LogP contribution in [0.2, 0.25) is 0 Å². The van der Waals surface area contributed by atoms with Gasteiger partial charge in [-0.1, -0.05) is 58.0 Å². The lowest BCUT2D eigenvalue weighted by Gasteiger charge is -2.47. The van der Waals surface area contributed by atoms with E-state index in [1.54, 1.807) is 9.91 Å². The first-order valence-corrected chi connectivity index (χ1v) is 12.0. The highest BCUT2D eigenvalue weighted by atomic mass is 79.9. The molecule has 162 valence electrons. The summed E-state index contributed by atoms with van der Waals surface area (Å²) in [5.41, 5.74) is 2.30. The molecule has 0 aliphatic carbocycles. The average molecular weight is 511 g/mol. The van der Waals surface area contributed by atoms with E-state index in [2.05, 4.69) is 26.3 Å². The Morgan fingerprint density at radius 2 is 1.88 bits per heavy atom. The zero-order valence-electron chi connectivity index (χ0n) is 17.3. The Balaban J connectivity index is 1.67. The number of hydrogen-bond donors (Lipinski definition) is 1. The number of fused-ring (bicyclic) bond motifs is 3. The van der Waals surface area contributed by atoms with Crippen molar-refractivity contribution in [2.75, 3.05) is 11.2 Å². The van der Waals surface area contributed by atoms with Crippen molar-refractivity contribution in [3.05, 3.63) is 76.5 Å². The average Bonchev–Trinajstić information content (AvgIpc) is 3.27. The van der Waals surface area contributed by atoms with Crippen LogP contribution in [0.25, 0.3) is 11.3 Å². The summed E-state index contributed by atoms with van der Waals surface area (Å²) in [6, 6.07) is 18.2. The number of para-hydroxylation sites is 1. The molecule has 0 unspecified atom stereocenters. The quantitative estimate of drug-likeness (QED) is 0.531. The molecule has 2 aliphatic rings. The van der Waals surface area contributed by atoms with Gasteiger partial charge in [-0.05, 0) is 36.6 Å². The molecule has 0 spiro atoms. The maximum atomic E-state index is 13.1. The molecule has 1 N–H and O–H groups in total. The fraction of sp³-hybridized carbons (Fsp3) is 0.174. The molecule has 2 aromatic carbocycles. The lowest BCUT2D eigenvalue weighted by Crippen LogP contribution is -2.55. The van der Waals surface area contributed by atoms with Crippen molar-refractivity contribution in [1.29, 1.82) is 0 Å². The topological polar surface area (TPSA) is 78.2 Å². The Morgan fingerprint density at radius 3 is 2.59 bits per heavy atom. The van der Waals surface area contributed by atoms with Gasteiger partial charge in [0.2, 0.25) is 5.91 Å². The standard InChI is InChI=1S/C23H19BrN4O3S/c1-13(29)27-17-6-4-3-5-16(17)20-21(30)25-23(32-2)26-28(20)22(27)19-12-11-18(31-19)14-7-9-15(24)10-8-14/h3-12,20,22H,1-2H3,(H,25,26,30)/t20-,22+/m0/s1. The summed E-state index contributed by atoms with van der Waals surface area (Å²) >= 11 is 4.78. The number of furan rings is 1. The van der Waals surface area contributed by atoms with Crippen molar-refractivity contribution in [2.24, 2.45) is 5.10 Å². The number of carbonyl (C=O) groups is 2. The minimum atomic E-state index is -0.704. The molecular formula is C23H19BrN4O3S. The molecule has 2 aliphatic heterocycles. The molecule has 0 bridgehead atoms. The fourth-order valence-corrected chi connectivity index (χ4v) is 4.74. The van der Waals surface area contributed by atoms with E-state index in [9.17, 15) is 9.59 Å². The summed E-state index contributed by atoms with van der Waals surface area (Å²) in [6.45, 7) is 1.51. The lowest BCUT2D eigenvalue weighted by atomic mass is 9.97. The predicted molar refractivity (Wildman–Crippen MR) is 128 cm³/mol. The molecule has 0 saturated heterocycles. The maximum absolute atomic E-state index is 13.1. The third-order valence-corrected chi connectivity index (χ3v) is 6.58. The van der Waals surface area contributed by atoms with Crippen LogP contribution in [-0.2, 0) is 9.59 Å². The second-order valence-corrected chi connectivity index (χ2v) is 9.12. The summed E-state index contributed by atoms with van der Waals surface area (Å²) in [7, 11) is 0. The van der Waals surface area contributed by atoms with Crippen LogP contribution in [0.3, 0.4) is 0 Å². The molecule has 0 radical (unpaired) electrons. The van der Waals surface area contributed by atoms with Gasteiger partial charge < -0.3 is 9.73 Å². The van der Waals surface area contributed by atoms with Crippen LogP contribution in [0.1, 0.15) is 30.5 Å². The van der Waals surface area contributed by atoms with Crippen LogP contribution in [0.15, 0.2) is 74.7 Å². The molecule has 7 nitrogen and oxygen atoms in total. The Hall–Kier alpha value is -3.04. The highest BCUT2D eigenvalue weighted by Gasteiger charge is 2.47. The van der Waals surface area contributed by atoms with E-state index in [1.807, 2.05) is 66.9 Å². The zero-order chi connectivity index (χ0) is 22.4. The summed E-state index contributed by atoms with van der Waals surface area (Å²) in [5.74, 6) is 0.831. The number of carbonyl (C=O) groups excluding carboxylic acids is 2. The molecule has 2 atom stereocenters. The van der Waals surface area contributed by atoms with Gasteiger partial charge in [-0.2, -0.15) is 0 Å². The van der Waals surface area contributed by atoms with Gasteiger partial charge in [-0.15, -0.1) is 5.10 Å². The Morgan fingerprint density at radius 1 is 1.12 bits per heavy atom. The number of benzene rings is 2. The van der Waals surface area contributed by atoms with E-state index in [0.29, 0.717) is 22.4 Å². The summed E-state index contributed by atoms with van der Waals surface area (Å²) in [6.07, 6.45) is 1.14. The van der Waals surface area contributed by atoms with Gasteiger partial charge in [0.25, 0.3) is 5.91 Å². The van der Waals surface area contributed by atoms with Gasteiger partial charge in [-0.3, -0.25) is 14.5 Å². The van der Waals surface area contributed by atoms with Crippen LogP contribution in [0.5, 0.6) is 0 Å². The molecule has 32 heavy (non-hydrogen) atoms. The summed E-state index contributed by atoms with van der Waals surface area (Å²) < 4.78 is 7.21. The number of amidine groups is 1. The van der Waals surface area contributed by atoms with Gasteiger partial charge in [0, 0.05) is 22.5 Å². The lowest BCUT2D eigenvalue weighted by molar-refractivity contribution is -0.130. The first kappa shape index (κ1) is 20.8. The molecule has 0 fully saturated rings. The van der Waals surface area contributed by atoms with Crippen LogP contribution in [-0.4, -0.2) is 28.2 Å². The van der Waals surface area contributed by atoms with Gasteiger partial charge in [0.05, 0.1) is 5.69 Å². The smallest absolute Gasteiger partial charge is 0.255 e. The predicted octanol–water partition coefficient (Wildman–Crippen LogP) is 4.88. The molecular weight excluding hydrogens is 492 g/mol. The number of nitrogens with zero attached hydrogens (tertiary/aromatic N) is 3. The van der Waals surface area contributed by atoms with E-state index in [-0.39, 0.29) is 11.8 Å². The van der Waals surface area contributed by atoms with Crippen LogP contribution in [0.4, 0.5) is 5.69 Å². The van der Waals surface area contributed by atoms with Crippen molar-refractivity contribution < 1.29 is 14.0 Å². The molecule has 3 aromatic rings. The Kier molecular flexibility index (Phi) is 5.30. The number of halogens is 1. The van der Waals surface area contributed by atoms with E-state index >= 15 is 0 Å². The third kappa shape index (κ3) is 3.41. The fourth-order valence-electron chi connectivity index (χ4n) is 4.10. The molecule has 9 heteroatoms. The number of thioether (sulfide) groups is 1. The van der Waals surface area contributed by atoms with Crippen LogP contribution < -0.4 is 10.2 Å². The third-order valence-electron chi connectivity index (χ3n) is 5.48. The molecule has 5 rings (SSSR count). The van der Waals surface area contributed by atoms with Crippen LogP contribution >= 0.6 is 27.7 Å². The molecule has 1 aromatic heterocycles. The number of amides is 2. The monoisotopic (exact) mass is 510 g/mol. The number of hydrogen-bond acceptors (Lipinski definition) is 6. The minimum Gasteiger partial charge on any atom is -0.457 e. The maximum Gasteiger partial charge on any atom is 0.255 e. The SMILES string of the molecule is CSC1=NN2[C@H](C(=O)N1)c1ccccc1N(C(C)=O)[C@H]2c1ccc(-c2ccc(Br)cc2)o1. The zero-order valence-corrected chi connectivity index (χ0v) is 19.7. The number of nitrogens with one attached hydrogen (secondary N) is 1. The van der Waals surface area contributed by atoms with Gasteiger partial charge in [0.1, 0.15) is 11.5 Å². The minimum absolute atomic E-state index is 0.172. The van der Waals surface area contributed by atoms with E-state index in [1.165, 1.54) is 18.7 Å². The number of rotatable bonds is 2. The highest BCUT2D eigenvalue weighted by Crippen LogP contribution is 2.47. The van der Waals surface area contributed by atoms with Crippen LogP contribution in [0, 0.1) is 0 Å². The van der Waals surface area contributed by atoms with E-state index < -0.39 is 12.2 Å². The van der Waals surface area contributed by atoms with Crippen molar-refractivity contribution in [3.63, 3.8) is 0 Å². The van der Waals surface area contributed by atoms with E-state index in [4.69, 9.17) is 4.42 Å². The van der Waals surface area contributed by atoms with Gasteiger partial charge >= 0.3 is 0 Å². The first-order valence-electron chi connectivity index (χ1n) is 9.94. The van der Waals surface area contributed by atoms with Crippen molar-refractivity contribution in [1.82, 2.24) is 10.3 Å². The normalized spacial score (nSPS) is 19.7. The highest BCUT2D eigenvalue weighted by molar-refractivity contribution is 9.10. The number of anilines is 1. The second-order valence-electron chi connectivity index (χ2n) is 7.41. The van der Waals surface area contributed by atoms with Gasteiger partial charge in [0.15, 0.2) is 17.4 Å². The summed E-state index contributed by atoms with van der Waals surface area (Å²) in [4.78, 5) is 27.6. The van der Waals surface area contributed by atoms with Gasteiger partial charge in [-0.25, -0.2) is 5.01 Å². The first-order chi connectivity index (χ1) is 15.5. The van der Waals surface area contributed by atoms with E-state index in [0.717, 1.165) is 15.6 Å². The number of hydrazone groups is 1. The summed E-state index contributed by atoms with van der Waals surface area (Å²) in [5, 5.41) is 9.67. The molecule has 3 heterocycles. The Labute approximate surface area is 197 Å². The van der Waals surface area contributed by atoms with Crippen molar-refractivity contribution in [2.45, 2.75) is 19.1 Å². The largest absolute Gasteiger partial charge is 0.457 e. The van der Waals surface area contributed by atoms with Crippen molar-refractivity contribution >= 4 is 50.4 Å². The van der Waals surface area contributed by atoms with Crippen molar-refractivity contribution in [3.8, 4) is 11.3 Å².